The minimum atomic E-state index is 0.220. The number of aliphatic hydroxyl groups excluding tert-OH is 2. The van der Waals surface area contributed by atoms with Crippen LogP contribution in [-0.4, -0.2) is 23.4 Å². The molecule has 2 N–H and O–H groups in total. The lowest BCUT2D eigenvalue weighted by atomic mass is 10.1. The summed E-state index contributed by atoms with van der Waals surface area (Å²) in [6.07, 6.45) is 19.5. The van der Waals surface area contributed by atoms with Gasteiger partial charge in [0.05, 0.1) is 6.42 Å². The van der Waals surface area contributed by atoms with Crippen molar-refractivity contribution < 1.29 is 28.5 Å². The first kappa shape index (κ1) is 24.6. The second-order valence-electron chi connectivity index (χ2n) is 8.81. The third-order valence-electron chi connectivity index (χ3n) is 6.21. The van der Waals surface area contributed by atoms with Crippen LogP contribution in [0.3, 0.4) is 0 Å². The van der Waals surface area contributed by atoms with Gasteiger partial charge in [-0.05, 0) is 22.3 Å². The Morgan fingerprint density at radius 2 is 0.600 bits per heavy atom. The van der Waals surface area contributed by atoms with Crippen molar-refractivity contribution in [2.45, 2.75) is 45.4 Å². The first-order valence-corrected chi connectivity index (χ1v) is 12.4. The van der Waals surface area contributed by atoms with Gasteiger partial charge >= 0.3 is 0 Å². The Labute approximate surface area is 207 Å². The third kappa shape index (κ3) is 7.25. The maximum Gasteiger partial charge on any atom is 0.169 e. The molecule has 4 heterocycles. The fourth-order valence-electron chi connectivity index (χ4n) is 4.14. The average molecular weight is 473 g/mol. The van der Waals surface area contributed by atoms with E-state index in [2.05, 4.69) is 116 Å². The highest BCUT2D eigenvalue weighted by atomic mass is 16.3. The lowest BCUT2D eigenvalue weighted by Gasteiger charge is -2.02. The van der Waals surface area contributed by atoms with Gasteiger partial charge in [-0.25, -0.2) is 18.3 Å². The maximum atomic E-state index is 8.97. The molecule has 0 spiro atoms. The van der Waals surface area contributed by atoms with Crippen LogP contribution in [0.15, 0.2) is 98.1 Å². The minimum Gasteiger partial charge on any atom is -0.396 e. The standard InChI is InChI=1S/C29H36N4O2/c34-24-2-14-32-20-8-28(9-21-32)26-4-16-30(17-5-26)12-1-13-31-18-6-27(7-19-31)29-10-22-33(23-11-29)15-3-25-35/h4-11,16-23,34-35H,1-3,12-15,24-25H2/q+4. The normalized spacial score (nSPS) is 11.0. The zero-order valence-corrected chi connectivity index (χ0v) is 20.3. The van der Waals surface area contributed by atoms with E-state index in [1.807, 2.05) is 0 Å². The first-order valence-electron chi connectivity index (χ1n) is 12.4. The van der Waals surface area contributed by atoms with Gasteiger partial charge in [0, 0.05) is 74.6 Å². The molecule has 4 aromatic rings. The van der Waals surface area contributed by atoms with Gasteiger partial charge in [-0.1, -0.05) is 0 Å². The number of rotatable bonds is 12. The number of aryl methyl sites for hydroxylation is 4. The van der Waals surface area contributed by atoms with Gasteiger partial charge < -0.3 is 10.2 Å². The van der Waals surface area contributed by atoms with Gasteiger partial charge in [0.2, 0.25) is 0 Å². The van der Waals surface area contributed by atoms with E-state index in [-0.39, 0.29) is 13.2 Å². The molecule has 4 rings (SSSR count). The monoisotopic (exact) mass is 472 g/mol. The van der Waals surface area contributed by atoms with E-state index in [9.17, 15) is 0 Å². The number of nitrogens with zero attached hydrogens (tertiary/aromatic N) is 4. The predicted octanol–water partition coefficient (Wildman–Crippen LogP) is 2.03. The van der Waals surface area contributed by atoms with Gasteiger partial charge in [0.1, 0.15) is 0 Å². The van der Waals surface area contributed by atoms with Crippen molar-refractivity contribution in [1.82, 2.24) is 0 Å². The molecular formula is C29H36N4O2+4. The number of hydrogen-bond donors (Lipinski definition) is 2. The molecule has 4 aromatic heterocycles. The molecule has 0 saturated heterocycles. The summed E-state index contributed by atoms with van der Waals surface area (Å²) in [4.78, 5) is 0. The first-order chi connectivity index (χ1) is 17.2. The average Bonchev–Trinajstić information content (AvgIpc) is 2.92. The highest BCUT2D eigenvalue weighted by molar-refractivity contribution is 5.61. The van der Waals surface area contributed by atoms with Crippen molar-refractivity contribution in [1.29, 1.82) is 0 Å². The van der Waals surface area contributed by atoms with Crippen LogP contribution in [0.1, 0.15) is 19.3 Å². The quantitative estimate of drug-likeness (QED) is 0.310. The smallest absolute Gasteiger partial charge is 0.169 e. The predicted molar refractivity (Wildman–Crippen MR) is 133 cm³/mol. The van der Waals surface area contributed by atoms with Crippen molar-refractivity contribution in [2.24, 2.45) is 0 Å². The zero-order chi connectivity index (χ0) is 24.3. The Morgan fingerprint density at radius 3 is 0.829 bits per heavy atom. The summed E-state index contributed by atoms with van der Waals surface area (Å²) in [5.74, 6) is 0. The molecule has 180 valence electrons. The number of aliphatic hydroxyl groups is 2. The van der Waals surface area contributed by atoms with Crippen molar-refractivity contribution in [2.75, 3.05) is 13.2 Å². The summed E-state index contributed by atoms with van der Waals surface area (Å²) in [6, 6.07) is 17.2. The molecule has 0 aliphatic heterocycles. The maximum absolute atomic E-state index is 8.97. The molecule has 6 heteroatoms. The SMILES string of the molecule is OCCC[n+]1ccc(-c2cc[n+](CCC[n+]3ccc(-c4cc[n+](CCCO)cc4)cc3)cc2)cc1. The van der Waals surface area contributed by atoms with E-state index < -0.39 is 0 Å². The molecule has 0 aromatic carbocycles. The van der Waals surface area contributed by atoms with Crippen LogP contribution < -0.4 is 18.3 Å². The van der Waals surface area contributed by atoms with Crippen LogP contribution in [0.2, 0.25) is 0 Å². The van der Waals surface area contributed by atoms with Gasteiger partial charge in [-0.15, -0.1) is 0 Å². The fraction of sp³-hybridized carbons (Fsp3) is 0.310. The van der Waals surface area contributed by atoms with E-state index in [1.54, 1.807) is 0 Å². The summed E-state index contributed by atoms with van der Waals surface area (Å²) >= 11 is 0. The van der Waals surface area contributed by atoms with Crippen molar-refractivity contribution in [3.05, 3.63) is 98.1 Å². The van der Waals surface area contributed by atoms with Crippen LogP contribution in [0, 0.1) is 0 Å². The van der Waals surface area contributed by atoms with Gasteiger partial charge in [-0.3, -0.25) is 0 Å². The van der Waals surface area contributed by atoms with Crippen molar-refractivity contribution in [3.63, 3.8) is 0 Å². The second kappa shape index (κ2) is 12.8. The molecule has 6 nitrogen and oxygen atoms in total. The summed E-state index contributed by atoms with van der Waals surface area (Å²) in [6.45, 7) is 4.06. The van der Waals surface area contributed by atoms with E-state index in [0.717, 1.165) is 45.4 Å². The van der Waals surface area contributed by atoms with Gasteiger partial charge in [-0.2, -0.15) is 0 Å². The van der Waals surface area contributed by atoms with Crippen molar-refractivity contribution in [3.8, 4) is 22.3 Å². The van der Waals surface area contributed by atoms with Crippen molar-refractivity contribution >= 4 is 0 Å². The second-order valence-corrected chi connectivity index (χ2v) is 8.81. The van der Waals surface area contributed by atoms with Crippen LogP contribution in [0.5, 0.6) is 0 Å². The largest absolute Gasteiger partial charge is 0.396 e. The highest BCUT2D eigenvalue weighted by Crippen LogP contribution is 2.16. The number of aromatic nitrogens is 4. The van der Waals surface area contributed by atoms with E-state index in [4.69, 9.17) is 10.2 Å². The molecule has 0 bridgehead atoms. The molecule has 0 aliphatic rings. The Balaban J connectivity index is 1.26. The lowest BCUT2D eigenvalue weighted by molar-refractivity contribution is -0.726. The molecule has 0 saturated carbocycles. The summed E-state index contributed by atoms with van der Waals surface area (Å²) in [7, 11) is 0. The summed E-state index contributed by atoms with van der Waals surface area (Å²) < 4.78 is 8.67. The molecular weight excluding hydrogens is 436 g/mol. The van der Waals surface area contributed by atoms with Crippen LogP contribution in [-0.2, 0) is 26.2 Å². The van der Waals surface area contributed by atoms with Gasteiger partial charge in [0.15, 0.2) is 75.8 Å². The lowest BCUT2D eigenvalue weighted by Crippen LogP contribution is -2.38. The zero-order valence-electron chi connectivity index (χ0n) is 20.3. The van der Waals surface area contributed by atoms with Gasteiger partial charge in [0.25, 0.3) is 0 Å². The van der Waals surface area contributed by atoms with E-state index in [0.29, 0.717) is 0 Å². The number of pyridine rings is 4. The Bertz CT molecular complexity index is 1060. The molecule has 0 aliphatic carbocycles. The van der Waals surface area contributed by atoms with Crippen LogP contribution >= 0.6 is 0 Å². The Hall–Kier alpha value is -3.48. The highest BCUT2D eigenvalue weighted by Gasteiger charge is 2.09. The topological polar surface area (TPSA) is 56.0 Å². The summed E-state index contributed by atoms with van der Waals surface area (Å²) in [5, 5.41) is 17.9. The molecule has 0 atom stereocenters. The van der Waals surface area contributed by atoms with Crippen LogP contribution in [0.25, 0.3) is 22.3 Å². The summed E-state index contributed by atoms with van der Waals surface area (Å²) in [5.41, 5.74) is 4.82. The molecule has 0 radical (unpaired) electrons. The molecule has 0 unspecified atom stereocenters. The molecule has 0 fully saturated rings. The minimum absolute atomic E-state index is 0.220. The van der Waals surface area contributed by atoms with E-state index >= 15 is 0 Å². The van der Waals surface area contributed by atoms with E-state index in [1.165, 1.54) is 22.3 Å². The molecule has 35 heavy (non-hydrogen) atoms. The Morgan fingerprint density at radius 1 is 0.371 bits per heavy atom. The fourth-order valence-corrected chi connectivity index (χ4v) is 4.14. The number of hydrogen-bond acceptors (Lipinski definition) is 2. The molecule has 0 amide bonds. The third-order valence-corrected chi connectivity index (χ3v) is 6.21. The van der Waals surface area contributed by atoms with Crippen LogP contribution in [0.4, 0.5) is 0 Å². The Kier molecular flexibility index (Phi) is 9.04.